The molecule has 2 nitrogen and oxygen atoms in total. The number of hydrogen-bond acceptors (Lipinski definition) is 1. The fraction of sp³-hybridized carbons (Fsp3) is 0.417. The number of carboxylic acid groups (broad SMARTS) is 1. The van der Waals surface area contributed by atoms with Crippen LogP contribution >= 0.6 is 67.8 Å². The molecule has 0 aliphatic rings. The van der Waals surface area contributed by atoms with E-state index in [2.05, 4.69) is 91.3 Å². The summed E-state index contributed by atoms with van der Waals surface area (Å²) in [6.07, 6.45) is 0. The molecule has 1 aromatic carbocycles. The second kappa shape index (κ2) is 9.21. The van der Waals surface area contributed by atoms with Crippen LogP contribution < -0.4 is 0 Å². The zero-order chi connectivity index (χ0) is 14.6. The molecular weight excluding hydrogens is 707 g/mol. The number of rotatable bonds is 6. The fourth-order valence-electron chi connectivity index (χ4n) is 1.63. The van der Waals surface area contributed by atoms with E-state index in [1.807, 2.05) is 0 Å². The average molecular weight is 722 g/mol. The third kappa shape index (κ3) is 6.33. The van der Waals surface area contributed by atoms with Crippen molar-refractivity contribution in [1.29, 1.82) is 0 Å². The zero-order valence-corrected chi connectivity index (χ0v) is 21.0. The molecule has 0 aliphatic heterocycles. The van der Waals surface area contributed by atoms with Crippen molar-refractivity contribution >= 4 is 104 Å². The van der Waals surface area contributed by atoms with Crippen LogP contribution in [0.2, 0.25) is 20.6 Å². The van der Waals surface area contributed by atoms with Gasteiger partial charge in [0.15, 0.2) is 0 Å². The van der Waals surface area contributed by atoms with E-state index in [-0.39, 0.29) is 21.7 Å². The van der Waals surface area contributed by atoms with Gasteiger partial charge in [-0.1, -0.05) is 0 Å². The Morgan fingerprint density at radius 3 is 2.26 bits per heavy atom. The van der Waals surface area contributed by atoms with Crippen molar-refractivity contribution < 1.29 is 9.90 Å². The summed E-state index contributed by atoms with van der Waals surface area (Å²) in [6, 6.07) is 4.15. The van der Waals surface area contributed by atoms with Crippen molar-refractivity contribution in [3.8, 4) is 0 Å². The number of carbonyl (C=O) groups is 1. The van der Waals surface area contributed by atoms with E-state index in [1.165, 1.54) is 7.57 Å². The molecule has 0 amide bonds. The number of hydrogen-bond donors (Lipinski definition) is 1. The summed E-state index contributed by atoms with van der Waals surface area (Å²) >= 11 is 6.13. The van der Waals surface area contributed by atoms with Crippen molar-refractivity contribution in [2.45, 2.75) is 26.5 Å². The zero-order valence-electron chi connectivity index (χ0n) is 10.6. The van der Waals surface area contributed by atoms with Gasteiger partial charge in [-0.25, -0.2) is 0 Å². The van der Waals surface area contributed by atoms with Gasteiger partial charge >= 0.3 is 169 Å². The van der Waals surface area contributed by atoms with Crippen molar-refractivity contribution in [3.63, 3.8) is 0 Å². The van der Waals surface area contributed by atoms with Crippen LogP contribution in [0.4, 0.5) is 0 Å². The Hall–Kier alpha value is 2.00. The summed E-state index contributed by atoms with van der Waals surface area (Å²) in [5, 5.41) is 10.4. The topological polar surface area (TPSA) is 37.3 Å². The molecule has 2 unspecified atom stereocenters. The van der Waals surface area contributed by atoms with Gasteiger partial charge in [-0.05, 0) is 0 Å². The van der Waals surface area contributed by atoms with Gasteiger partial charge in [0, 0.05) is 0 Å². The van der Waals surface area contributed by atoms with E-state index in [1.54, 1.807) is 0 Å². The SMILES string of the molecule is C[As](C)C[AsH]CC(C(=O)O)c1c(I)cc(I)cc1I. The third-order valence-corrected chi connectivity index (χ3v) is 17.5. The van der Waals surface area contributed by atoms with E-state index < -0.39 is 20.6 Å². The summed E-state index contributed by atoms with van der Waals surface area (Å²) in [5.74, 6) is -0.961. The molecule has 19 heavy (non-hydrogen) atoms. The minimum atomic E-state index is -0.660. The summed E-state index contributed by atoms with van der Waals surface area (Å²) in [5.41, 5.74) is 5.74. The normalized spacial score (nSPS) is 13.4. The van der Waals surface area contributed by atoms with Crippen LogP contribution in [0.3, 0.4) is 0 Å². The summed E-state index contributed by atoms with van der Waals surface area (Å²) < 4.78 is 4.71. The van der Waals surface area contributed by atoms with Gasteiger partial charge in [0.2, 0.25) is 0 Å². The van der Waals surface area contributed by atoms with Gasteiger partial charge in [-0.2, -0.15) is 0 Å². The molecule has 0 aromatic heterocycles. The van der Waals surface area contributed by atoms with E-state index in [0.717, 1.165) is 17.9 Å². The Kier molecular flexibility index (Phi) is 9.23. The molecule has 0 radical (unpaired) electrons. The van der Waals surface area contributed by atoms with Crippen molar-refractivity contribution in [3.05, 3.63) is 28.4 Å². The van der Waals surface area contributed by atoms with Gasteiger partial charge in [-0.15, -0.1) is 0 Å². The van der Waals surface area contributed by atoms with Gasteiger partial charge in [0.1, 0.15) is 0 Å². The van der Waals surface area contributed by atoms with Crippen molar-refractivity contribution in [2.75, 3.05) is 0 Å². The molecule has 0 saturated carbocycles. The van der Waals surface area contributed by atoms with Crippen LogP contribution in [0.5, 0.6) is 0 Å². The molecule has 1 rings (SSSR count). The molecule has 0 saturated heterocycles. The van der Waals surface area contributed by atoms with E-state index in [9.17, 15) is 9.90 Å². The number of aliphatic carboxylic acids is 1. The van der Waals surface area contributed by atoms with Crippen LogP contribution in [0.1, 0.15) is 11.5 Å². The Balaban J connectivity index is 2.97. The molecule has 0 bridgehead atoms. The molecule has 1 aromatic rings. The summed E-state index contributed by atoms with van der Waals surface area (Å²) in [7, 11) is 0. The molecular formula is C12H15As2I3O2. The first-order valence-electron chi connectivity index (χ1n) is 5.55. The molecule has 106 valence electrons. The van der Waals surface area contributed by atoms with Crippen molar-refractivity contribution in [1.82, 2.24) is 0 Å². The Labute approximate surface area is 166 Å². The van der Waals surface area contributed by atoms with E-state index in [0.29, 0.717) is 0 Å². The minimum absolute atomic E-state index is 0.110. The standard InChI is InChI=1S/C12H15As2I3O2/c1-14(2)6-13-5-8(12(18)19)11-9(16)3-7(15)4-10(11)17/h3-4,8,13H,5-6H2,1-2H3,(H,18,19). The Morgan fingerprint density at radius 1 is 1.32 bits per heavy atom. The van der Waals surface area contributed by atoms with E-state index >= 15 is 0 Å². The molecule has 0 fully saturated rings. The fourth-order valence-corrected chi connectivity index (χ4v) is 14.9. The average Bonchev–Trinajstić information content (AvgIpc) is 2.24. The van der Waals surface area contributed by atoms with Crippen LogP contribution in [0.15, 0.2) is 12.1 Å². The van der Waals surface area contributed by atoms with E-state index in [4.69, 9.17) is 0 Å². The maximum absolute atomic E-state index is 11.6. The number of carboxylic acids is 1. The summed E-state index contributed by atoms with van der Waals surface area (Å²) in [6.45, 7) is 0. The first kappa shape index (κ1) is 19.0. The van der Waals surface area contributed by atoms with Gasteiger partial charge in [-0.3, -0.25) is 0 Å². The van der Waals surface area contributed by atoms with Crippen LogP contribution in [0.25, 0.3) is 0 Å². The molecule has 1 N–H and O–H groups in total. The number of benzene rings is 1. The molecule has 0 heterocycles. The van der Waals surface area contributed by atoms with Gasteiger partial charge in [0.05, 0.1) is 0 Å². The van der Waals surface area contributed by atoms with Crippen LogP contribution in [0, 0.1) is 10.7 Å². The Bertz CT molecular complexity index is 443. The van der Waals surface area contributed by atoms with Crippen molar-refractivity contribution in [2.24, 2.45) is 0 Å². The Morgan fingerprint density at radius 2 is 1.84 bits per heavy atom. The van der Waals surface area contributed by atoms with Crippen LogP contribution in [-0.2, 0) is 4.79 Å². The maximum atomic E-state index is 11.6. The predicted molar refractivity (Wildman–Crippen MR) is 109 cm³/mol. The number of halogens is 3. The second-order valence-corrected chi connectivity index (χ2v) is 18.5. The monoisotopic (exact) mass is 722 g/mol. The second-order valence-electron chi connectivity index (χ2n) is 4.37. The third-order valence-electron chi connectivity index (χ3n) is 2.47. The predicted octanol–water partition coefficient (Wildman–Crippen LogP) is 4.24. The first-order valence-corrected chi connectivity index (χ1v) is 16.8. The molecule has 2 atom stereocenters. The first-order chi connectivity index (χ1) is 8.82. The van der Waals surface area contributed by atoms with Gasteiger partial charge in [0.25, 0.3) is 0 Å². The van der Waals surface area contributed by atoms with Crippen LogP contribution in [-0.4, -0.2) is 41.5 Å². The molecule has 0 spiro atoms. The molecule has 0 aliphatic carbocycles. The molecule has 7 heteroatoms. The summed E-state index contributed by atoms with van der Waals surface area (Å²) in [4.78, 5) is 11.6. The van der Waals surface area contributed by atoms with Gasteiger partial charge < -0.3 is 0 Å². The quantitative estimate of drug-likeness (QED) is 0.353.